The van der Waals surface area contributed by atoms with Crippen molar-refractivity contribution in [1.82, 2.24) is 9.21 Å². The summed E-state index contributed by atoms with van der Waals surface area (Å²) in [6.45, 7) is 0.953. The number of nitrogens with zero attached hydrogens (tertiary/aromatic N) is 3. The molecule has 0 atom stereocenters. The molecule has 106 valence electrons. The first kappa shape index (κ1) is 15.5. The molecule has 7 nitrogen and oxygen atoms in total. The van der Waals surface area contributed by atoms with Crippen molar-refractivity contribution < 1.29 is 13.3 Å². The Morgan fingerprint density at radius 3 is 2.05 bits per heavy atom. The van der Waals surface area contributed by atoms with E-state index in [2.05, 4.69) is 0 Å². The molecule has 1 aromatic rings. The van der Waals surface area contributed by atoms with Gasteiger partial charge in [-0.05, 0) is 26.2 Å². The highest BCUT2D eigenvalue weighted by Crippen LogP contribution is 2.18. The molecular weight excluding hydrogens is 270 g/mol. The lowest BCUT2D eigenvalue weighted by molar-refractivity contribution is -0.384. The molecule has 0 bridgehead atoms. The molecule has 0 radical (unpaired) electrons. The molecule has 0 unspecified atom stereocenters. The van der Waals surface area contributed by atoms with Crippen LogP contribution in [0.15, 0.2) is 29.2 Å². The summed E-state index contributed by atoms with van der Waals surface area (Å²) in [4.78, 5) is 11.9. The molecule has 8 heteroatoms. The van der Waals surface area contributed by atoms with Crippen LogP contribution in [0.1, 0.15) is 0 Å². The normalized spacial score (nSPS) is 12.1. The molecule has 0 aromatic heterocycles. The molecule has 0 N–H and O–H groups in total. The highest BCUT2D eigenvalue weighted by Gasteiger charge is 2.21. The average Bonchev–Trinajstić information content (AvgIpc) is 2.35. The predicted octanol–water partition coefficient (Wildman–Crippen LogP) is 0.777. The molecule has 19 heavy (non-hydrogen) atoms. The predicted molar refractivity (Wildman–Crippen MR) is 71.5 cm³/mol. The van der Waals surface area contributed by atoms with Crippen LogP contribution in [0, 0.1) is 10.1 Å². The number of likely N-dealkylation sites (N-methyl/N-ethyl adjacent to an activating group) is 2. The summed E-state index contributed by atoms with van der Waals surface area (Å²) < 4.78 is 25.6. The van der Waals surface area contributed by atoms with Crippen LogP contribution in [-0.2, 0) is 10.0 Å². The van der Waals surface area contributed by atoms with Crippen molar-refractivity contribution >= 4 is 15.7 Å². The van der Waals surface area contributed by atoms with E-state index in [0.717, 1.165) is 0 Å². The van der Waals surface area contributed by atoms with Gasteiger partial charge in [-0.1, -0.05) is 0 Å². The molecule has 0 amide bonds. The van der Waals surface area contributed by atoms with Gasteiger partial charge < -0.3 is 4.90 Å². The minimum atomic E-state index is -3.59. The summed E-state index contributed by atoms with van der Waals surface area (Å²) in [5.41, 5.74) is -0.130. The first-order valence-corrected chi connectivity index (χ1v) is 7.04. The number of benzene rings is 1. The van der Waals surface area contributed by atoms with E-state index < -0.39 is 14.9 Å². The van der Waals surface area contributed by atoms with Crippen molar-refractivity contribution in [2.24, 2.45) is 0 Å². The van der Waals surface area contributed by atoms with E-state index in [-0.39, 0.29) is 10.6 Å². The van der Waals surface area contributed by atoms with Crippen molar-refractivity contribution in [2.75, 3.05) is 34.2 Å². The average molecular weight is 287 g/mol. The Labute approximate surface area is 112 Å². The van der Waals surface area contributed by atoms with Gasteiger partial charge in [0.1, 0.15) is 0 Å². The summed E-state index contributed by atoms with van der Waals surface area (Å²) in [7, 11) is 1.60. The van der Waals surface area contributed by atoms with Crippen LogP contribution in [0.2, 0.25) is 0 Å². The van der Waals surface area contributed by atoms with E-state index in [0.29, 0.717) is 13.1 Å². The molecule has 0 aliphatic carbocycles. The van der Waals surface area contributed by atoms with Gasteiger partial charge in [0, 0.05) is 32.3 Å². The third kappa shape index (κ3) is 3.98. The first-order chi connectivity index (χ1) is 8.75. The second-order valence-electron chi connectivity index (χ2n) is 4.38. The Bertz CT molecular complexity index is 540. The molecular formula is C11H17N3O4S. The van der Waals surface area contributed by atoms with E-state index in [9.17, 15) is 18.5 Å². The maximum Gasteiger partial charge on any atom is 0.269 e. The van der Waals surface area contributed by atoms with Crippen LogP contribution in [0.25, 0.3) is 0 Å². The maximum atomic E-state index is 12.2. The van der Waals surface area contributed by atoms with Gasteiger partial charge in [0.15, 0.2) is 0 Å². The molecule has 0 saturated heterocycles. The summed E-state index contributed by atoms with van der Waals surface area (Å²) >= 11 is 0. The molecule has 0 fully saturated rings. The quantitative estimate of drug-likeness (QED) is 0.570. The lowest BCUT2D eigenvalue weighted by Gasteiger charge is -2.19. The summed E-state index contributed by atoms with van der Waals surface area (Å²) in [5, 5.41) is 10.5. The van der Waals surface area contributed by atoms with Gasteiger partial charge in [0.05, 0.1) is 9.82 Å². The van der Waals surface area contributed by atoms with E-state index in [1.807, 2.05) is 19.0 Å². The van der Waals surface area contributed by atoms with E-state index in [4.69, 9.17) is 0 Å². The van der Waals surface area contributed by atoms with Crippen LogP contribution in [0.3, 0.4) is 0 Å². The van der Waals surface area contributed by atoms with E-state index in [1.165, 1.54) is 35.6 Å². The van der Waals surface area contributed by atoms with Crippen LogP contribution < -0.4 is 0 Å². The molecule has 1 aromatic carbocycles. The molecule has 0 aliphatic heterocycles. The number of hydrogen-bond acceptors (Lipinski definition) is 5. The number of nitro groups is 1. The van der Waals surface area contributed by atoms with Crippen LogP contribution in [0.5, 0.6) is 0 Å². The second-order valence-corrected chi connectivity index (χ2v) is 6.43. The zero-order valence-electron chi connectivity index (χ0n) is 11.1. The standard InChI is InChI=1S/C11H17N3O4S/c1-12(2)8-9-13(3)19(17,18)11-6-4-10(5-7-11)14(15)16/h4-7H,8-9H2,1-3H3. The largest absolute Gasteiger partial charge is 0.308 e. The summed E-state index contributed by atoms with van der Waals surface area (Å²) in [5.74, 6) is 0. The smallest absolute Gasteiger partial charge is 0.269 e. The summed E-state index contributed by atoms with van der Waals surface area (Å²) in [6, 6.07) is 4.87. The fourth-order valence-corrected chi connectivity index (χ4v) is 2.54. The molecule has 0 saturated carbocycles. The fourth-order valence-electron chi connectivity index (χ4n) is 1.38. The van der Waals surface area contributed by atoms with Gasteiger partial charge in [0.2, 0.25) is 10.0 Å². The minimum Gasteiger partial charge on any atom is -0.308 e. The van der Waals surface area contributed by atoms with Gasteiger partial charge in [-0.15, -0.1) is 0 Å². The number of non-ortho nitro benzene ring substituents is 1. The number of nitro benzene ring substituents is 1. The molecule has 0 spiro atoms. The van der Waals surface area contributed by atoms with Crippen molar-refractivity contribution in [3.05, 3.63) is 34.4 Å². The van der Waals surface area contributed by atoms with E-state index in [1.54, 1.807) is 0 Å². The van der Waals surface area contributed by atoms with Gasteiger partial charge in [-0.25, -0.2) is 8.42 Å². The topological polar surface area (TPSA) is 83.8 Å². The third-order valence-corrected chi connectivity index (χ3v) is 4.49. The number of hydrogen-bond donors (Lipinski definition) is 0. The van der Waals surface area contributed by atoms with Crippen LogP contribution in [0.4, 0.5) is 5.69 Å². The molecule has 0 aliphatic rings. The Hall–Kier alpha value is -1.51. The number of sulfonamides is 1. The zero-order chi connectivity index (χ0) is 14.6. The van der Waals surface area contributed by atoms with Gasteiger partial charge in [-0.3, -0.25) is 10.1 Å². The molecule has 0 heterocycles. The lowest BCUT2D eigenvalue weighted by Crippen LogP contribution is -2.33. The highest BCUT2D eigenvalue weighted by atomic mass is 32.2. The summed E-state index contributed by atoms with van der Waals surface area (Å²) in [6.07, 6.45) is 0. The van der Waals surface area contributed by atoms with Gasteiger partial charge in [0.25, 0.3) is 5.69 Å². The van der Waals surface area contributed by atoms with E-state index >= 15 is 0 Å². The first-order valence-electron chi connectivity index (χ1n) is 5.60. The van der Waals surface area contributed by atoms with Crippen molar-refractivity contribution in [3.8, 4) is 0 Å². The van der Waals surface area contributed by atoms with Crippen molar-refractivity contribution in [3.63, 3.8) is 0 Å². The van der Waals surface area contributed by atoms with Crippen LogP contribution >= 0.6 is 0 Å². The highest BCUT2D eigenvalue weighted by molar-refractivity contribution is 7.89. The van der Waals surface area contributed by atoms with Gasteiger partial charge >= 0.3 is 0 Å². The Kier molecular flexibility index (Phi) is 4.98. The van der Waals surface area contributed by atoms with Crippen molar-refractivity contribution in [2.45, 2.75) is 4.90 Å². The van der Waals surface area contributed by atoms with Crippen LogP contribution in [-0.4, -0.2) is 56.8 Å². The van der Waals surface area contributed by atoms with Gasteiger partial charge in [-0.2, -0.15) is 4.31 Å². The number of rotatable bonds is 6. The zero-order valence-corrected chi connectivity index (χ0v) is 11.9. The third-order valence-electron chi connectivity index (χ3n) is 2.62. The van der Waals surface area contributed by atoms with Crippen molar-refractivity contribution in [1.29, 1.82) is 0 Å². The minimum absolute atomic E-state index is 0.0550. The lowest BCUT2D eigenvalue weighted by atomic mass is 10.3. The Morgan fingerprint density at radius 1 is 1.11 bits per heavy atom. The Balaban J connectivity index is 2.90. The second kappa shape index (κ2) is 6.09. The maximum absolute atomic E-state index is 12.2. The molecule has 1 rings (SSSR count). The SMILES string of the molecule is CN(C)CCN(C)S(=O)(=O)c1ccc([N+](=O)[O-])cc1. The Morgan fingerprint density at radius 2 is 1.63 bits per heavy atom. The monoisotopic (exact) mass is 287 g/mol. The fraction of sp³-hybridized carbons (Fsp3) is 0.455.